The maximum absolute atomic E-state index is 12.2. The van der Waals surface area contributed by atoms with E-state index in [-0.39, 0.29) is 11.8 Å². The van der Waals surface area contributed by atoms with E-state index < -0.39 is 12.1 Å². The molecule has 0 bridgehead atoms. The summed E-state index contributed by atoms with van der Waals surface area (Å²) in [6, 6.07) is 0. The van der Waals surface area contributed by atoms with E-state index in [9.17, 15) is 13.2 Å². The van der Waals surface area contributed by atoms with Crippen LogP contribution < -0.4 is 0 Å². The minimum Gasteiger partial charge on any atom is -0.171 e. The van der Waals surface area contributed by atoms with E-state index in [1.807, 2.05) is 13.8 Å². The lowest BCUT2D eigenvalue weighted by Crippen LogP contribution is -2.29. The van der Waals surface area contributed by atoms with Crippen molar-refractivity contribution >= 4 is 0 Å². The molecule has 0 saturated heterocycles. The molecule has 0 aliphatic rings. The van der Waals surface area contributed by atoms with Crippen molar-refractivity contribution in [1.82, 2.24) is 0 Å². The first-order valence-electron chi connectivity index (χ1n) is 4.37. The third kappa shape index (κ3) is 3.03. The van der Waals surface area contributed by atoms with Crippen molar-refractivity contribution in [3.05, 3.63) is 0 Å². The average Bonchev–Trinajstić information content (AvgIpc) is 1.98. The Morgan fingerprint density at radius 1 is 1.08 bits per heavy atom. The Kier molecular flexibility index (Phi) is 4.08. The summed E-state index contributed by atoms with van der Waals surface area (Å²) in [5.74, 6) is -1.33. The van der Waals surface area contributed by atoms with Crippen LogP contribution in [0.25, 0.3) is 0 Å². The van der Waals surface area contributed by atoms with E-state index in [1.165, 1.54) is 6.92 Å². The van der Waals surface area contributed by atoms with Gasteiger partial charge in [-0.1, -0.05) is 34.1 Å². The molecule has 0 fully saturated rings. The Balaban J connectivity index is 4.19. The zero-order valence-electron chi connectivity index (χ0n) is 8.07. The van der Waals surface area contributed by atoms with Gasteiger partial charge in [0.1, 0.15) is 0 Å². The summed E-state index contributed by atoms with van der Waals surface area (Å²) in [6.07, 6.45) is -3.23. The van der Waals surface area contributed by atoms with Crippen molar-refractivity contribution in [3.63, 3.8) is 0 Å². The van der Waals surface area contributed by atoms with E-state index in [0.717, 1.165) is 6.42 Å². The van der Waals surface area contributed by atoms with Crippen LogP contribution in [-0.4, -0.2) is 6.18 Å². The molecular formula is C9H17F3. The summed E-state index contributed by atoms with van der Waals surface area (Å²) in [5.41, 5.74) is 0. The predicted octanol–water partition coefficient (Wildman–Crippen LogP) is 3.87. The molecule has 0 nitrogen and oxygen atoms in total. The maximum atomic E-state index is 12.2. The standard InChI is InChI=1S/C9H17F3/c1-5-6(2)7(3)8(4)9(10,11)12/h6-8H,5H2,1-4H3. The van der Waals surface area contributed by atoms with Gasteiger partial charge in [0.05, 0.1) is 5.92 Å². The van der Waals surface area contributed by atoms with E-state index in [0.29, 0.717) is 0 Å². The van der Waals surface area contributed by atoms with Crippen LogP contribution in [-0.2, 0) is 0 Å². The van der Waals surface area contributed by atoms with Gasteiger partial charge in [-0.3, -0.25) is 0 Å². The number of hydrogen-bond donors (Lipinski definition) is 0. The van der Waals surface area contributed by atoms with E-state index in [1.54, 1.807) is 6.92 Å². The van der Waals surface area contributed by atoms with Crippen molar-refractivity contribution in [1.29, 1.82) is 0 Å². The van der Waals surface area contributed by atoms with Crippen LogP contribution in [0.5, 0.6) is 0 Å². The Bertz CT molecular complexity index is 128. The molecule has 3 atom stereocenters. The second-order valence-electron chi connectivity index (χ2n) is 3.57. The molecule has 0 saturated carbocycles. The molecular weight excluding hydrogens is 165 g/mol. The molecule has 0 aliphatic carbocycles. The molecule has 3 heteroatoms. The van der Waals surface area contributed by atoms with Crippen molar-refractivity contribution in [2.24, 2.45) is 17.8 Å². The summed E-state index contributed by atoms with van der Waals surface area (Å²) >= 11 is 0. The van der Waals surface area contributed by atoms with Crippen molar-refractivity contribution in [3.8, 4) is 0 Å². The summed E-state index contributed by atoms with van der Waals surface area (Å²) < 4.78 is 36.6. The van der Waals surface area contributed by atoms with Crippen LogP contribution >= 0.6 is 0 Å². The fourth-order valence-electron chi connectivity index (χ4n) is 1.16. The molecule has 0 spiro atoms. The molecule has 0 rings (SSSR count). The molecule has 3 unspecified atom stereocenters. The largest absolute Gasteiger partial charge is 0.391 e. The molecule has 0 aromatic rings. The summed E-state index contributed by atoms with van der Waals surface area (Å²) in [5, 5.41) is 0. The molecule has 0 N–H and O–H groups in total. The van der Waals surface area contributed by atoms with Crippen LogP contribution in [0.2, 0.25) is 0 Å². The second-order valence-corrected chi connectivity index (χ2v) is 3.57. The maximum Gasteiger partial charge on any atom is 0.391 e. The van der Waals surface area contributed by atoms with Gasteiger partial charge in [-0.15, -0.1) is 0 Å². The van der Waals surface area contributed by atoms with E-state index in [2.05, 4.69) is 0 Å². The highest BCUT2D eigenvalue weighted by atomic mass is 19.4. The Morgan fingerprint density at radius 3 is 1.75 bits per heavy atom. The van der Waals surface area contributed by atoms with Gasteiger partial charge in [-0.25, -0.2) is 0 Å². The third-order valence-corrected chi connectivity index (χ3v) is 2.85. The minimum absolute atomic E-state index is 0.140. The Hall–Kier alpha value is -0.210. The minimum atomic E-state index is -4.04. The van der Waals surface area contributed by atoms with Gasteiger partial charge in [0, 0.05) is 0 Å². The lowest BCUT2D eigenvalue weighted by atomic mass is 9.83. The average molecular weight is 182 g/mol. The predicted molar refractivity (Wildman–Crippen MR) is 43.8 cm³/mol. The zero-order valence-corrected chi connectivity index (χ0v) is 8.07. The zero-order chi connectivity index (χ0) is 9.94. The number of halogens is 3. The number of hydrogen-bond acceptors (Lipinski definition) is 0. The fraction of sp³-hybridized carbons (Fsp3) is 1.00. The van der Waals surface area contributed by atoms with Crippen LogP contribution in [0.3, 0.4) is 0 Å². The number of rotatable bonds is 3. The fourth-order valence-corrected chi connectivity index (χ4v) is 1.16. The lowest BCUT2D eigenvalue weighted by molar-refractivity contribution is -0.186. The highest BCUT2D eigenvalue weighted by Gasteiger charge is 2.40. The summed E-state index contributed by atoms with van der Waals surface area (Å²) in [7, 11) is 0. The monoisotopic (exact) mass is 182 g/mol. The molecule has 74 valence electrons. The second kappa shape index (κ2) is 4.15. The first kappa shape index (κ1) is 11.8. The van der Waals surface area contributed by atoms with Crippen molar-refractivity contribution < 1.29 is 13.2 Å². The van der Waals surface area contributed by atoms with Crippen LogP contribution in [0.15, 0.2) is 0 Å². The third-order valence-electron chi connectivity index (χ3n) is 2.85. The van der Waals surface area contributed by atoms with Crippen LogP contribution in [0, 0.1) is 17.8 Å². The van der Waals surface area contributed by atoms with Crippen molar-refractivity contribution in [2.75, 3.05) is 0 Å². The highest BCUT2D eigenvalue weighted by Crippen LogP contribution is 2.35. The smallest absolute Gasteiger partial charge is 0.171 e. The molecule has 0 aliphatic heterocycles. The Labute approximate surface area is 72.2 Å². The topological polar surface area (TPSA) is 0 Å². The Morgan fingerprint density at radius 2 is 1.50 bits per heavy atom. The molecule has 0 aromatic carbocycles. The molecule has 0 aromatic heterocycles. The highest BCUT2D eigenvalue weighted by molar-refractivity contribution is 4.72. The normalized spacial score (nSPS) is 20.2. The van der Waals surface area contributed by atoms with Crippen molar-refractivity contribution in [2.45, 2.75) is 40.3 Å². The summed E-state index contributed by atoms with van der Waals surface area (Å²) in [6.45, 7) is 6.72. The first-order chi connectivity index (χ1) is 5.30. The van der Waals surface area contributed by atoms with Gasteiger partial charge < -0.3 is 0 Å². The van der Waals surface area contributed by atoms with Gasteiger partial charge in [-0.2, -0.15) is 13.2 Å². The molecule has 12 heavy (non-hydrogen) atoms. The van der Waals surface area contributed by atoms with Crippen LogP contribution in [0.1, 0.15) is 34.1 Å². The number of alkyl halides is 3. The molecule has 0 radical (unpaired) electrons. The van der Waals surface area contributed by atoms with Gasteiger partial charge in [0.2, 0.25) is 0 Å². The van der Waals surface area contributed by atoms with E-state index >= 15 is 0 Å². The summed E-state index contributed by atoms with van der Waals surface area (Å²) in [4.78, 5) is 0. The first-order valence-corrected chi connectivity index (χ1v) is 4.37. The van der Waals surface area contributed by atoms with E-state index in [4.69, 9.17) is 0 Å². The van der Waals surface area contributed by atoms with Gasteiger partial charge >= 0.3 is 6.18 Å². The van der Waals surface area contributed by atoms with Gasteiger partial charge in [0.25, 0.3) is 0 Å². The lowest BCUT2D eigenvalue weighted by Gasteiger charge is -2.26. The molecule has 0 heterocycles. The van der Waals surface area contributed by atoms with Gasteiger partial charge in [0.15, 0.2) is 0 Å². The molecule has 0 amide bonds. The van der Waals surface area contributed by atoms with Gasteiger partial charge in [-0.05, 0) is 11.8 Å². The van der Waals surface area contributed by atoms with Crippen LogP contribution in [0.4, 0.5) is 13.2 Å². The SMILES string of the molecule is CCC(C)C(C)C(C)C(F)(F)F. The quantitative estimate of drug-likeness (QED) is 0.621.